The first-order valence-corrected chi connectivity index (χ1v) is 13.6. The van der Waals surface area contributed by atoms with Gasteiger partial charge in [0.25, 0.3) is 15.9 Å². The lowest BCUT2D eigenvalue weighted by molar-refractivity contribution is -0.121. The average molecular weight is 559 g/mol. The third-order valence-corrected chi connectivity index (χ3v) is 8.79. The van der Waals surface area contributed by atoms with Gasteiger partial charge in [0.2, 0.25) is 0 Å². The van der Waals surface area contributed by atoms with Crippen molar-refractivity contribution in [3.8, 4) is 0 Å². The normalized spacial score (nSPS) is 21.1. The summed E-state index contributed by atoms with van der Waals surface area (Å²) in [5.41, 5.74) is 3.14. The van der Waals surface area contributed by atoms with Crippen LogP contribution in [0, 0.1) is 0 Å². The number of sulfonamides is 1. The van der Waals surface area contributed by atoms with Crippen LogP contribution in [0.25, 0.3) is 0 Å². The van der Waals surface area contributed by atoms with Gasteiger partial charge in [-0.15, -0.1) is 11.0 Å². The fourth-order valence-corrected chi connectivity index (χ4v) is 6.49. The van der Waals surface area contributed by atoms with Crippen LogP contribution in [0.15, 0.2) is 97.7 Å². The number of allylic oxidation sites excluding steroid dienone is 3. The van der Waals surface area contributed by atoms with Gasteiger partial charge in [-0.2, -0.15) is 8.42 Å². The lowest BCUT2D eigenvalue weighted by Gasteiger charge is -2.23. The average Bonchev–Trinajstić information content (AvgIpc) is 3.18. The van der Waals surface area contributed by atoms with Gasteiger partial charge in [-0.05, 0) is 59.8 Å². The standard InChI is InChI=1S/C25H24BrN3O3S2/c1-5-16-29-23(30)21(33-24(29)27-34(31,32)18-12-10-17(26)11-13-18)14-15-22-25(2,3)19-8-6-7-9-20(19)28(22)4/h5-15H,1,16H2,2-4H3/b21-14-,22-15+,27-24+. The molecule has 4 rings (SSSR count). The van der Waals surface area contributed by atoms with Gasteiger partial charge in [-0.1, -0.05) is 54.1 Å². The second-order valence-electron chi connectivity index (χ2n) is 8.39. The van der Waals surface area contributed by atoms with E-state index in [4.69, 9.17) is 0 Å². The summed E-state index contributed by atoms with van der Waals surface area (Å²) in [6.07, 6.45) is 5.22. The molecule has 0 aromatic heterocycles. The zero-order valence-corrected chi connectivity index (χ0v) is 22.2. The predicted octanol–water partition coefficient (Wildman–Crippen LogP) is 5.45. The van der Waals surface area contributed by atoms with Crippen molar-refractivity contribution >= 4 is 54.5 Å². The van der Waals surface area contributed by atoms with Gasteiger partial charge in [0.05, 0.1) is 9.80 Å². The number of rotatable bonds is 5. The highest BCUT2D eigenvalue weighted by molar-refractivity contribution is 9.10. The minimum Gasteiger partial charge on any atom is -0.347 e. The minimum atomic E-state index is -3.99. The topological polar surface area (TPSA) is 70.1 Å². The monoisotopic (exact) mass is 557 g/mol. The zero-order chi connectivity index (χ0) is 24.7. The number of likely N-dealkylation sites (N-methyl/N-ethyl adjacent to an activating group) is 1. The van der Waals surface area contributed by atoms with Gasteiger partial charge in [0, 0.05) is 34.9 Å². The Hall–Kier alpha value is -2.62. The lowest BCUT2D eigenvalue weighted by Crippen LogP contribution is -2.29. The summed E-state index contributed by atoms with van der Waals surface area (Å²) < 4.78 is 30.5. The van der Waals surface area contributed by atoms with E-state index in [2.05, 4.69) is 57.8 Å². The van der Waals surface area contributed by atoms with Crippen molar-refractivity contribution in [3.05, 3.63) is 94.0 Å². The summed E-state index contributed by atoms with van der Waals surface area (Å²) in [4.78, 5) is 17.0. The highest BCUT2D eigenvalue weighted by Gasteiger charge is 2.38. The highest BCUT2D eigenvalue weighted by Crippen LogP contribution is 2.46. The molecule has 0 unspecified atom stereocenters. The molecule has 9 heteroatoms. The van der Waals surface area contributed by atoms with Gasteiger partial charge in [-0.3, -0.25) is 9.69 Å². The van der Waals surface area contributed by atoms with Gasteiger partial charge in [-0.25, -0.2) is 0 Å². The first-order valence-electron chi connectivity index (χ1n) is 10.5. The Morgan fingerprint density at radius 1 is 1.12 bits per heavy atom. The fraction of sp³-hybridized carbons (Fsp3) is 0.200. The molecule has 2 aliphatic rings. The van der Waals surface area contributed by atoms with Crippen molar-refractivity contribution < 1.29 is 13.2 Å². The van der Waals surface area contributed by atoms with E-state index in [-0.39, 0.29) is 27.9 Å². The molecular formula is C25H24BrN3O3S2. The number of hydrogen-bond acceptors (Lipinski definition) is 5. The number of thioether (sulfide) groups is 1. The SMILES string of the molecule is C=CCN1C(=O)/C(=C/C=C2/N(C)c3ccccc3C2(C)C)S/C1=N/S(=O)(=O)c1ccc(Br)cc1. The molecule has 176 valence electrons. The first kappa shape index (κ1) is 24.5. The van der Waals surface area contributed by atoms with Crippen LogP contribution in [0.2, 0.25) is 0 Å². The number of para-hydroxylation sites is 1. The molecule has 0 spiro atoms. The molecule has 0 bridgehead atoms. The molecule has 0 saturated carbocycles. The summed E-state index contributed by atoms with van der Waals surface area (Å²) >= 11 is 4.35. The Morgan fingerprint density at radius 2 is 1.79 bits per heavy atom. The molecule has 2 aromatic rings. The molecule has 0 N–H and O–H groups in total. The maximum absolute atomic E-state index is 13.1. The van der Waals surface area contributed by atoms with Crippen molar-refractivity contribution in [2.75, 3.05) is 18.5 Å². The Balaban J connectivity index is 1.70. The molecule has 6 nitrogen and oxygen atoms in total. The number of fused-ring (bicyclic) bond motifs is 1. The van der Waals surface area contributed by atoms with Crippen molar-refractivity contribution in [2.24, 2.45) is 4.40 Å². The molecule has 0 atom stereocenters. The van der Waals surface area contributed by atoms with E-state index in [1.807, 2.05) is 25.3 Å². The molecule has 34 heavy (non-hydrogen) atoms. The molecule has 2 aromatic carbocycles. The van der Waals surface area contributed by atoms with Gasteiger partial charge >= 0.3 is 0 Å². The quantitative estimate of drug-likeness (QED) is 0.361. The van der Waals surface area contributed by atoms with E-state index in [0.29, 0.717) is 4.91 Å². The third kappa shape index (κ3) is 4.39. The number of benzene rings is 2. The van der Waals surface area contributed by atoms with Crippen LogP contribution in [-0.2, 0) is 20.2 Å². The van der Waals surface area contributed by atoms with E-state index in [1.54, 1.807) is 24.3 Å². The number of amidine groups is 1. The molecule has 2 aliphatic heterocycles. The van der Waals surface area contributed by atoms with E-state index in [9.17, 15) is 13.2 Å². The van der Waals surface area contributed by atoms with E-state index >= 15 is 0 Å². The fourth-order valence-electron chi connectivity index (χ4n) is 4.10. The van der Waals surface area contributed by atoms with Crippen LogP contribution in [-0.4, -0.2) is 38.0 Å². The number of anilines is 1. The molecule has 1 amide bonds. The number of amides is 1. The van der Waals surface area contributed by atoms with Crippen LogP contribution in [0.5, 0.6) is 0 Å². The largest absolute Gasteiger partial charge is 0.347 e. The van der Waals surface area contributed by atoms with Crippen LogP contribution in [0.3, 0.4) is 0 Å². The maximum Gasteiger partial charge on any atom is 0.284 e. The zero-order valence-electron chi connectivity index (χ0n) is 19.0. The second kappa shape index (κ2) is 9.20. The van der Waals surface area contributed by atoms with Crippen molar-refractivity contribution in [2.45, 2.75) is 24.2 Å². The van der Waals surface area contributed by atoms with Crippen LogP contribution in [0.4, 0.5) is 5.69 Å². The smallest absolute Gasteiger partial charge is 0.284 e. The van der Waals surface area contributed by atoms with E-state index in [1.165, 1.54) is 22.6 Å². The van der Waals surface area contributed by atoms with Crippen LogP contribution < -0.4 is 4.90 Å². The van der Waals surface area contributed by atoms with Crippen molar-refractivity contribution in [1.82, 2.24) is 4.90 Å². The van der Waals surface area contributed by atoms with Gasteiger partial charge < -0.3 is 4.90 Å². The van der Waals surface area contributed by atoms with Crippen LogP contribution >= 0.6 is 27.7 Å². The number of hydrogen-bond donors (Lipinski definition) is 0. The lowest BCUT2D eigenvalue weighted by atomic mass is 9.84. The summed E-state index contributed by atoms with van der Waals surface area (Å²) in [7, 11) is -1.98. The van der Waals surface area contributed by atoms with Crippen molar-refractivity contribution in [3.63, 3.8) is 0 Å². The summed E-state index contributed by atoms with van der Waals surface area (Å²) in [5.74, 6) is -0.303. The van der Waals surface area contributed by atoms with Gasteiger partial charge in [0.15, 0.2) is 5.17 Å². The van der Waals surface area contributed by atoms with E-state index < -0.39 is 10.0 Å². The Kier molecular flexibility index (Phi) is 6.63. The first-order chi connectivity index (χ1) is 16.1. The number of carbonyl (C=O) groups is 1. The Morgan fingerprint density at radius 3 is 2.44 bits per heavy atom. The molecule has 0 radical (unpaired) electrons. The van der Waals surface area contributed by atoms with Gasteiger partial charge in [0.1, 0.15) is 0 Å². The Bertz CT molecular complexity index is 1360. The maximum atomic E-state index is 13.1. The summed E-state index contributed by atoms with van der Waals surface area (Å²) in [6, 6.07) is 14.4. The van der Waals surface area contributed by atoms with E-state index in [0.717, 1.165) is 27.6 Å². The van der Waals surface area contributed by atoms with Crippen molar-refractivity contribution in [1.29, 1.82) is 0 Å². The number of carbonyl (C=O) groups excluding carboxylic acids is 1. The number of halogens is 1. The molecular weight excluding hydrogens is 534 g/mol. The summed E-state index contributed by atoms with van der Waals surface area (Å²) in [5, 5.41) is 0.111. The molecule has 1 saturated heterocycles. The second-order valence-corrected chi connectivity index (χ2v) is 11.9. The molecule has 0 aliphatic carbocycles. The van der Waals surface area contributed by atoms with Crippen LogP contribution in [0.1, 0.15) is 19.4 Å². The Labute approximate surface area is 212 Å². The number of nitrogens with zero attached hydrogens (tertiary/aromatic N) is 3. The summed E-state index contributed by atoms with van der Waals surface area (Å²) in [6.45, 7) is 8.14. The highest BCUT2D eigenvalue weighted by atomic mass is 79.9. The third-order valence-electron chi connectivity index (χ3n) is 5.84. The predicted molar refractivity (Wildman–Crippen MR) is 142 cm³/mol. The minimum absolute atomic E-state index is 0.0569. The molecule has 1 fully saturated rings. The molecule has 2 heterocycles.